The molecular formula is C9H10BF3NO4. The number of esters is 1. The topological polar surface area (TPSA) is 79.7 Å². The molecule has 2 N–H and O–H groups in total. The molecule has 0 fully saturated rings. The second kappa shape index (κ2) is 7.67. The summed E-state index contributed by atoms with van der Waals surface area (Å²) in [5, 5.41) is 14.0. The number of nitrogens with zero attached hydrogens (tertiary/aromatic N) is 1. The number of aromatic nitrogens is 1. The first kappa shape index (κ1) is 16.4. The minimum atomic E-state index is -4.65. The van der Waals surface area contributed by atoms with E-state index in [9.17, 15) is 18.0 Å². The maximum Gasteiger partial charge on any atom is 0.482 e. The SMILES string of the molecule is CCOC(=O)c1cccnc1C(F)(F)F.O[B]O. The second-order valence-electron chi connectivity index (χ2n) is 2.73. The minimum absolute atomic E-state index is 0. The quantitative estimate of drug-likeness (QED) is 0.609. The van der Waals surface area contributed by atoms with Gasteiger partial charge in [0.2, 0.25) is 0 Å². The van der Waals surface area contributed by atoms with Crippen molar-refractivity contribution in [2.75, 3.05) is 6.61 Å². The third kappa shape index (κ3) is 5.15. The van der Waals surface area contributed by atoms with Gasteiger partial charge in [-0.3, -0.25) is 4.98 Å². The van der Waals surface area contributed by atoms with Crippen LogP contribution in [0.1, 0.15) is 23.0 Å². The zero-order valence-corrected chi connectivity index (χ0v) is 9.31. The van der Waals surface area contributed by atoms with Gasteiger partial charge in [0.1, 0.15) is 0 Å². The predicted octanol–water partition coefficient (Wildman–Crippen LogP) is 0.782. The Hall–Kier alpha value is -1.61. The Morgan fingerprint density at radius 1 is 1.50 bits per heavy atom. The van der Waals surface area contributed by atoms with E-state index >= 15 is 0 Å². The van der Waals surface area contributed by atoms with Gasteiger partial charge in [-0.1, -0.05) is 0 Å². The molecule has 99 valence electrons. The van der Waals surface area contributed by atoms with Gasteiger partial charge in [0.05, 0.1) is 12.2 Å². The highest BCUT2D eigenvalue weighted by molar-refractivity contribution is 6.13. The molecule has 0 aliphatic carbocycles. The van der Waals surface area contributed by atoms with Gasteiger partial charge in [0.15, 0.2) is 5.69 Å². The predicted molar refractivity (Wildman–Crippen MR) is 55.4 cm³/mol. The van der Waals surface area contributed by atoms with Gasteiger partial charge in [-0.25, -0.2) is 4.79 Å². The minimum Gasteiger partial charge on any atom is -0.462 e. The molecule has 1 aromatic rings. The number of hydrogen-bond acceptors (Lipinski definition) is 5. The lowest BCUT2D eigenvalue weighted by atomic mass is 10.2. The molecule has 1 heterocycles. The molecule has 1 rings (SSSR count). The lowest BCUT2D eigenvalue weighted by Crippen LogP contribution is -2.16. The van der Waals surface area contributed by atoms with Crippen LogP contribution in [0.5, 0.6) is 0 Å². The van der Waals surface area contributed by atoms with Crippen LogP contribution in [0.4, 0.5) is 13.2 Å². The molecule has 0 spiro atoms. The monoisotopic (exact) mass is 264 g/mol. The molecule has 0 aliphatic rings. The van der Waals surface area contributed by atoms with E-state index in [-0.39, 0.29) is 14.3 Å². The van der Waals surface area contributed by atoms with Crippen LogP contribution >= 0.6 is 0 Å². The van der Waals surface area contributed by atoms with Gasteiger partial charge in [-0.15, -0.1) is 0 Å². The Morgan fingerprint density at radius 3 is 2.50 bits per heavy atom. The Balaban J connectivity index is 0.000000873. The Bertz CT molecular complexity index is 386. The van der Waals surface area contributed by atoms with E-state index in [4.69, 9.17) is 10.0 Å². The average Bonchev–Trinajstić information content (AvgIpc) is 2.29. The first-order valence-corrected chi connectivity index (χ1v) is 4.67. The summed E-state index contributed by atoms with van der Waals surface area (Å²) in [5.41, 5.74) is -1.78. The molecule has 0 saturated carbocycles. The summed E-state index contributed by atoms with van der Waals surface area (Å²) in [6, 6.07) is 2.29. The van der Waals surface area contributed by atoms with Crippen molar-refractivity contribution < 1.29 is 32.8 Å². The van der Waals surface area contributed by atoms with E-state index in [0.29, 0.717) is 0 Å². The van der Waals surface area contributed by atoms with Crippen molar-refractivity contribution in [3.05, 3.63) is 29.6 Å². The summed E-state index contributed by atoms with van der Waals surface area (Å²) in [7, 11) is 0. The average molecular weight is 264 g/mol. The number of rotatable bonds is 2. The van der Waals surface area contributed by atoms with E-state index in [0.717, 1.165) is 12.3 Å². The molecule has 0 bridgehead atoms. The largest absolute Gasteiger partial charge is 0.482 e. The smallest absolute Gasteiger partial charge is 0.462 e. The summed E-state index contributed by atoms with van der Waals surface area (Å²) in [6.45, 7) is 1.53. The summed E-state index contributed by atoms with van der Waals surface area (Å²) in [4.78, 5) is 14.3. The van der Waals surface area contributed by atoms with Crippen LogP contribution in [-0.4, -0.2) is 35.3 Å². The Labute approximate surface area is 102 Å². The Kier molecular flexibility index (Phi) is 6.99. The summed E-state index contributed by atoms with van der Waals surface area (Å²) in [5.74, 6) is -1.02. The molecule has 18 heavy (non-hydrogen) atoms. The summed E-state index contributed by atoms with van der Waals surface area (Å²) in [6.07, 6.45) is -3.67. The third-order valence-electron chi connectivity index (χ3n) is 1.57. The van der Waals surface area contributed by atoms with Crippen LogP contribution < -0.4 is 0 Å². The molecule has 0 unspecified atom stereocenters. The van der Waals surface area contributed by atoms with E-state index in [1.54, 1.807) is 0 Å². The first-order valence-electron chi connectivity index (χ1n) is 4.67. The van der Waals surface area contributed by atoms with Crippen molar-refractivity contribution in [1.29, 1.82) is 0 Å². The van der Waals surface area contributed by atoms with E-state index in [2.05, 4.69) is 9.72 Å². The van der Waals surface area contributed by atoms with Crippen LogP contribution in [0.25, 0.3) is 0 Å². The Morgan fingerprint density at radius 2 is 2.06 bits per heavy atom. The van der Waals surface area contributed by atoms with E-state index in [1.807, 2.05) is 0 Å². The molecule has 9 heteroatoms. The second-order valence-corrected chi connectivity index (χ2v) is 2.73. The molecule has 1 radical (unpaired) electrons. The van der Waals surface area contributed by atoms with Gasteiger partial charge >= 0.3 is 19.8 Å². The fourth-order valence-corrected chi connectivity index (χ4v) is 1.00. The summed E-state index contributed by atoms with van der Waals surface area (Å²) >= 11 is 0. The van der Waals surface area contributed by atoms with Crippen LogP contribution in [0.3, 0.4) is 0 Å². The molecule has 1 aromatic heterocycles. The first-order chi connectivity index (χ1) is 8.38. The maximum atomic E-state index is 12.4. The number of carbonyl (C=O) groups excluding carboxylic acids is 1. The van der Waals surface area contributed by atoms with Gasteiger partial charge in [-0.2, -0.15) is 13.2 Å². The van der Waals surface area contributed by atoms with E-state index < -0.39 is 23.4 Å². The maximum absolute atomic E-state index is 12.4. The molecular weight excluding hydrogens is 254 g/mol. The van der Waals surface area contributed by atoms with Gasteiger partial charge in [-0.05, 0) is 19.1 Å². The molecule has 0 aliphatic heterocycles. The van der Waals surface area contributed by atoms with E-state index in [1.165, 1.54) is 13.0 Å². The summed E-state index contributed by atoms with van der Waals surface area (Å²) < 4.78 is 41.6. The van der Waals surface area contributed by atoms with Gasteiger partial charge in [0, 0.05) is 6.20 Å². The highest BCUT2D eigenvalue weighted by Crippen LogP contribution is 2.30. The fraction of sp³-hybridized carbons (Fsp3) is 0.333. The van der Waals surface area contributed by atoms with Crippen LogP contribution in [0, 0.1) is 0 Å². The molecule has 0 atom stereocenters. The molecule has 5 nitrogen and oxygen atoms in total. The highest BCUT2D eigenvalue weighted by Gasteiger charge is 2.37. The van der Waals surface area contributed by atoms with Crippen molar-refractivity contribution in [3.8, 4) is 0 Å². The molecule has 0 amide bonds. The standard InChI is InChI=1S/C9H8F3NO2.BH2O2/c1-2-15-8(14)6-4-3-5-13-7(6)9(10,11)12;2-1-3/h3-5H,2H2,1H3;2-3H. The third-order valence-corrected chi connectivity index (χ3v) is 1.57. The van der Waals surface area contributed by atoms with Crippen molar-refractivity contribution in [1.82, 2.24) is 4.98 Å². The van der Waals surface area contributed by atoms with Crippen LogP contribution in [0.15, 0.2) is 18.3 Å². The van der Waals surface area contributed by atoms with Gasteiger partial charge < -0.3 is 14.8 Å². The van der Waals surface area contributed by atoms with Crippen molar-refractivity contribution in [2.45, 2.75) is 13.1 Å². The number of alkyl halides is 3. The zero-order valence-electron chi connectivity index (χ0n) is 9.31. The number of ether oxygens (including phenoxy) is 1. The lowest BCUT2D eigenvalue weighted by Gasteiger charge is -2.09. The number of carbonyl (C=O) groups is 1. The zero-order chi connectivity index (χ0) is 14.2. The highest BCUT2D eigenvalue weighted by atomic mass is 19.4. The van der Waals surface area contributed by atoms with Crippen LogP contribution in [0.2, 0.25) is 0 Å². The lowest BCUT2D eigenvalue weighted by molar-refractivity contribution is -0.141. The number of hydrogen-bond donors (Lipinski definition) is 2. The number of halogens is 3. The molecule has 0 aromatic carbocycles. The van der Waals surface area contributed by atoms with Crippen molar-refractivity contribution >= 4 is 13.7 Å². The normalized spacial score (nSPS) is 10.1. The van der Waals surface area contributed by atoms with Crippen molar-refractivity contribution in [2.24, 2.45) is 0 Å². The number of pyridine rings is 1. The van der Waals surface area contributed by atoms with Crippen LogP contribution in [-0.2, 0) is 10.9 Å². The van der Waals surface area contributed by atoms with Gasteiger partial charge in [0.25, 0.3) is 0 Å². The fourth-order valence-electron chi connectivity index (χ4n) is 1.00. The molecule has 0 saturated heterocycles. The van der Waals surface area contributed by atoms with Crippen molar-refractivity contribution in [3.63, 3.8) is 0 Å².